The second kappa shape index (κ2) is 10.2. The minimum Gasteiger partial charge on any atom is -0.343 e. The molecule has 3 heteroatoms. The first kappa shape index (κ1) is 18.4. The molecule has 3 nitrogen and oxygen atoms in total. The van der Waals surface area contributed by atoms with E-state index in [0.717, 1.165) is 32.4 Å². The van der Waals surface area contributed by atoms with Crippen molar-refractivity contribution in [2.75, 3.05) is 19.6 Å². The summed E-state index contributed by atoms with van der Waals surface area (Å²) in [4.78, 5) is 14.4. The average Bonchev–Trinajstić information content (AvgIpc) is 2.34. The highest BCUT2D eigenvalue weighted by Crippen LogP contribution is 2.12. The molecule has 1 unspecified atom stereocenters. The third-order valence-electron chi connectivity index (χ3n) is 3.68. The molecule has 0 aromatic heterocycles. The van der Waals surface area contributed by atoms with Crippen LogP contribution in [0.15, 0.2) is 0 Å². The maximum atomic E-state index is 12.4. The lowest BCUT2D eigenvalue weighted by Crippen LogP contribution is -2.36. The zero-order valence-corrected chi connectivity index (χ0v) is 13.6. The highest BCUT2D eigenvalue weighted by atomic mass is 16.2. The summed E-state index contributed by atoms with van der Waals surface area (Å²) in [7, 11) is 0. The Bertz CT molecular complexity index is 223. The molecule has 0 aromatic carbocycles. The lowest BCUT2D eigenvalue weighted by Gasteiger charge is -2.26. The number of nitrogens with zero attached hydrogens (tertiary/aromatic N) is 1. The van der Waals surface area contributed by atoms with Crippen molar-refractivity contribution in [2.24, 2.45) is 23.5 Å². The molecule has 19 heavy (non-hydrogen) atoms. The number of amides is 1. The Balaban J connectivity index is 4.38. The van der Waals surface area contributed by atoms with Gasteiger partial charge in [-0.2, -0.15) is 0 Å². The average molecular weight is 270 g/mol. The molecule has 0 fully saturated rings. The molecule has 0 aliphatic carbocycles. The smallest absolute Gasteiger partial charge is 0.222 e. The second-order valence-corrected chi connectivity index (χ2v) is 6.46. The third-order valence-corrected chi connectivity index (χ3v) is 3.68. The Labute approximate surface area is 119 Å². The minimum absolute atomic E-state index is 0.290. The monoisotopic (exact) mass is 270 g/mol. The van der Waals surface area contributed by atoms with E-state index in [0.29, 0.717) is 36.6 Å². The maximum absolute atomic E-state index is 12.4. The van der Waals surface area contributed by atoms with Crippen LogP contribution in [0.3, 0.4) is 0 Å². The zero-order valence-electron chi connectivity index (χ0n) is 13.6. The molecule has 0 aliphatic rings. The molecule has 0 heterocycles. The van der Waals surface area contributed by atoms with Gasteiger partial charge in [0.05, 0.1) is 0 Å². The Morgan fingerprint density at radius 3 is 1.84 bits per heavy atom. The molecule has 114 valence electrons. The van der Waals surface area contributed by atoms with E-state index >= 15 is 0 Å². The highest BCUT2D eigenvalue weighted by molar-refractivity contribution is 5.76. The molecule has 2 N–H and O–H groups in total. The van der Waals surface area contributed by atoms with Crippen molar-refractivity contribution < 1.29 is 4.79 Å². The molecular weight excluding hydrogens is 236 g/mol. The van der Waals surface area contributed by atoms with E-state index in [9.17, 15) is 4.79 Å². The van der Waals surface area contributed by atoms with Crippen molar-refractivity contribution in [2.45, 2.75) is 60.3 Å². The van der Waals surface area contributed by atoms with Gasteiger partial charge in [-0.3, -0.25) is 4.79 Å². The van der Waals surface area contributed by atoms with Crippen LogP contribution in [0.4, 0.5) is 0 Å². The van der Waals surface area contributed by atoms with Gasteiger partial charge in [0, 0.05) is 19.5 Å². The van der Waals surface area contributed by atoms with Crippen LogP contribution in [0, 0.1) is 17.8 Å². The maximum Gasteiger partial charge on any atom is 0.222 e. The van der Waals surface area contributed by atoms with Gasteiger partial charge in [-0.25, -0.2) is 0 Å². The number of hydrogen-bond donors (Lipinski definition) is 1. The van der Waals surface area contributed by atoms with E-state index in [4.69, 9.17) is 5.73 Å². The Hall–Kier alpha value is -0.570. The lowest BCUT2D eigenvalue weighted by molar-refractivity contribution is -0.132. The van der Waals surface area contributed by atoms with Gasteiger partial charge >= 0.3 is 0 Å². The molecule has 0 rings (SSSR count). The fourth-order valence-corrected chi connectivity index (χ4v) is 1.96. The normalized spacial score (nSPS) is 13.1. The van der Waals surface area contributed by atoms with E-state index in [1.165, 1.54) is 0 Å². The molecule has 0 saturated carbocycles. The van der Waals surface area contributed by atoms with E-state index in [1.54, 1.807) is 0 Å². The fraction of sp³-hybridized carbons (Fsp3) is 0.938. The number of rotatable bonds is 10. The molecule has 0 aliphatic heterocycles. The van der Waals surface area contributed by atoms with Gasteiger partial charge < -0.3 is 10.6 Å². The minimum atomic E-state index is 0.290. The molecule has 0 saturated heterocycles. The highest BCUT2D eigenvalue weighted by Gasteiger charge is 2.17. The van der Waals surface area contributed by atoms with Crippen LogP contribution in [0.5, 0.6) is 0 Å². The molecule has 0 aromatic rings. The van der Waals surface area contributed by atoms with E-state index in [1.807, 2.05) is 0 Å². The van der Waals surface area contributed by atoms with E-state index in [2.05, 4.69) is 39.5 Å². The van der Waals surface area contributed by atoms with E-state index in [-0.39, 0.29) is 0 Å². The summed E-state index contributed by atoms with van der Waals surface area (Å²) >= 11 is 0. The van der Waals surface area contributed by atoms with Crippen molar-refractivity contribution in [3.05, 3.63) is 0 Å². The van der Waals surface area contributed by atoms with Crippen LogP contribution in [-0.2, 0) is 4.79 Å². The largest absolute Gasteiger partial charge is 0.343 e. The predicted octanol–water partition coefficient (Wildman–Crippen LogP) is 3.28. The summed E-state index contributed by atoms with van der Waals surface area (Å²) in [6.07, 6.45) is 3.78. The fourth-order valence-electron chi connectivity index (χ4n) is 1.96. The Kier molecular flexibility index (Phi) is 9.94. The molecule has 0 spiro atoms. The van der Waals surface area contributed by atoms with Crippen molar-refractivity contribution >= 4 is 5.91 Å². The standard InChI is InChI=1S/C16H34N2O/c1-6-15(12-17)11-16(19)18(9-7-13(2)3)10-8-14(4)5/h13-15H,6-12,17H2,1-5H3. The lowest BCUT2D eigenvalue weighted by atomic mass is 10.0. The molecular formula is C16H34N2O. The Morgan fingerprint density at radius 2 is 1.53 bits per heavy atom. The Morgan fingerprint density at radius 1 is 1.05 bits per heavy atom. The summed E-state index contributed by atoms with van der Waals surface area (Å²) in [5.41, 5.74) is 5.71. The first-order valence-electron chi connectivity index (χ1n) is 7.88. The topological polar surface area (TPSA) is 46.3 Å². The second-order valence-electron chi connectivity index (χ2n) is 6.46. The number of hydrogen-bond acceptors (Lipinski definition) is 2. The SMILES string of the molecule is CCC(CN)CC(=O)N(CCC(C)C)CCC(C)C. The predicted molar refractivity (Wildman–Crippen MR) is 82.9 cm³/mol. The van der Waals surface area contributed by atoms with Crippen LogP contribution in [0.25, 0.3) is 0 Å². The van der Waals surface area contributed by atoms with Gasteiger partial charge in [0.2, 0.25) is 5.91 Å². The first-order valence-corrected chi connectivity index (χ1v) is 7.88. The van der Waals surface area contributed by atoms with Gasteiger partial charge in [0.1, 0.15) is 0 Å². The van der Waals surface area contributed by atoms with Crippen molar-refractivity contribution in [1.29, 1.82) is 0 Å². The van der Waals surface area contributed by atoms with Gasteiger partial charge in [0.15, 0.2) is 0 Å². The van der Waals surface area contributed by atoms with Crippen molar-refractivity contribution in [1.82, 2.24) is 4.90 Å². The quantitative estimate of drug-likeness (QED) is 0.662. The number of carbonyl (C=O) groups is 1. The van der Waals surface area contributed by atoms with Crippen LogP contribution in [-0.4, -0.2) is 30.4 Å². The summed E-state index contributed by atoms with van der Waals surface area (Å²) in [5, 5.41) is 0. The molecule has 1 amide bonds. The van der Waals surface area contributed by atoms with Gasteiger partial charge in [-0.05, 0) is 37.1 Å². The summed E-state index contributed by atoms with van der Waals surface area (Å²) in [5.74, 6) is 1.92. The molecule has 1 atom stereocenters. The van der Waals surface area contributed by atoms with Gasteiger partial charge in [-0.1, -0.05) is 41.0 Å². The van der Waals surface area contributed by atoms with E-state index < -0.39 is 0 Å². The van der Waals surface area contributed by atoms with Crippen molar-refractivity contribution in [3.63, 3.8) is 0 Å². The van der Waals surface area contributed by atoms with Crippen LogP contribution in [0.2, 0.25) is 0 Å². The van der Waals surface area contributed by atoms with Crippen LogP contribution < -0.4 is 5.73 Å². The number of nitrogens with two attached hydrogens (primary N) is 1. The van der Waals surface area contributed by atoms with Crippen LogP contribution >= 0.6 is 0 Å². The summed E-state index contributed by atoms with van der Waals surface area (Å²) in [6, 6.07) is 0. The number of carbonyl (C=O) groups excluding carboxylic acids is 1. The summed E-state index contributed by atoms with van der Waals surface area (Å²) in [6.45, 7) is 13.3. The molecule has 0 radical (unpaired) electrons. The van der Waals surface area contributed by atoms with Gasteiger partial charge in [0.25, 0.3) is 0 Å². The third kappa shape index (κ3) is 9.04. The molecule has 0 bridgehead atoms. The van der Waals surface area contributed by atoms with Gasteiger partial charge in [-0.15, -0.1) is 0 Å². The summed E-state index contributed by atoms with van der Waals surface area (Å²) < 4.78 is 0. The van der Waals surface area contributed by atoms with Crippen LogP contribution in [0.1, 0.15) is 60.3 Å². The first-order chi connectivity index (χ1) is 8.90. The zero-order chi connectivity index (χ0) is 14.8. The van der Waals surface area contributed by atoms with Crippen molar-refractivity contribution in [3.8, 4) is 0 Å².